The second-order valence-electron chi connectivity index (χ2n) is 3.72. The molecule has 82 valence electrons. The molecule has 0 radical (unpaired) electrons. The van der Waals surface area contributed by atoms with E-state index in [4.69, 9.17) is 16.3 Å². The van der Waals surface area contributed by atoms with E-state index in [1.54, 1.807) is 11.7 Å². The zero-order valence-electron chi connectivity index (χ0n) is 8.57. The minimum Gasteiger partial charge on any atom is -0.381 e. The Bertz CT molecular complexity index is 350. The maximum absolute atomic E-state index is 12.1. The van der Waals surface area contributed by atoms with Gasteiger partial charge in [0.15, 0.2) is 5.78 Å². The molecule has 2 rings (SSSR count). The molecule has 1 aliphatic heterocycles. The van der Waals surface area contributed by atoms with Crippen molar-refractivity contribution in [3.8, 4) is 0 Å². The number of Topliss-reactive ketones (excluding diaryl/α,β-unsaturated/α-hetero) is 1. The molecule has 15 heavy (non-hydrogen) atoms. The molecule has 1 saturated heterocycles. The molecule has 0 amide bonds. The van der Waals surface area contributed by atoms with Crippen molar-refractivity contribution >= 4 is 17.4 Å². The first-order chi connectivity index (χ1) is 7.20. The molecule has 0 saturated carbocycles. The Balaban J connectivity index is 2.19. The Morgan fingerprint density at radius 1 is 1.60 bits per heavy atom. The third kappa shape index (κ3) is 2.06. The molecule has 0 aliphatic carbocycles. The zero-order valence-corrected chi connectivity index (χ0v) is 9.33. The molecule has 0 spiro atoms. The van der Waals surface area contributed by atoms with Gasteiger partial charge in [0.2, 0.25) is 0 Å². The quantitative estimate of drug-likeness (QED) is 0.724. The number of ketones is 1. The third-order valence-corrected chi connectivity index (χ3v) is 3.00. The minimum atomic E-state index is 0.0339. The van der Waals surface area contributed by atoms with E-state index in [0.717, 1.165) is 12.8 Å². The van der Waals surface area contributed by atoms with E-state index in [2.05, 4.69) is 5.10 Å². The third-order valence-electron chi connectivity index (χ3n) is 2.72. The van der Waals surface area contributed by atoms with Gasteiger partial charge in [0.1, 0.15) is 5.69 Å². The lowest BCUT2D eigenvalue weighted by atomic mass is 9.93. The van der Waals surface area contributed by atoms with Gasteiger partial charge in [-0.05, 0) is 12.8 Å². The SMILES string of the molecule is Cn1ncc(Cl)c1C(=O)C1CCOCC1. The molecule has 2 heterocycles. The molecule has 1 fully saturated rings. The first-order valence-electron chi connectivity index (χ1n) is 4.99. The van der Waals surface area contributed by atoms with Crippen LogP contribution in [0.5, 0.6) is 0 Å². The van der Waals surface area contributed by atoms with Crippen LogP contribution < -0.4 is 0 Å². The number of hydrogen-bond donors (Lipinski definition) is 0. The van der Waals surface area contributed by atoms with Crippen molar-refractivity contribution in [2.45, 2.75) is 12.8 Å². The van der Waals surface area contributed by atoms with Crippen molar-refractivity contribution in [2.75, 3.05) is 13.2 Å². The molecule has 5 heteroatoms. The van der Waals surface area contributed by atoms with Gasteiger partial charge in [0, 0.05) is 26.2 Å². The standard InChI is InChI=1S/C10H13ClN2O2/c1-13-9(8(11)6-12-13)10(14)7-2-4-15-5-3-7/h6-7H,2-5H2,1H3. The smallest absolute Gasteiger partial charge is 0.185 e. The van der Waals surface area contributed by atoms with Crippen LogP contribution in [-0.4, -0.2) is 28.8 Å². The van der Waals surface area contributed by atoms with Crippen LogP contribution in [0.4, 0.5) is 0 Å². The zero-order chi connectivity index (χ0) is 10.8. The molecule has 0 atom stereocenters. The topological polar surface area (TPSA) is 44.1 Å². The average molecular weight is 229 g/mol. The molecule has 0 bridgehead atoms. The molecule has 0 aromatic carbocycles. The predicted molar refractivity (Wildman–Crippen MR) is 56.1 cm³/mol. The van der Waals surface area contributed by atoms with Crippen molar-refractivity contribution in [1.29, 1.82) is 0 Å². The van der Waals surface area contributed by atoms with E-state index in [9.17, 15) is 4.79 Å². The van der Waals surface area contributed by atoms with Gasteiger partial charge >= 0.3 is 0 Å². The first-order valence-corrected chi connectivity index (χ1v) is 5.37. The van der Waals surface area contributed by atoms with Crippen molar-refractivity contribution in [1.82, 2.24) is 9.78 Å². The Labute approximate surface area is 93.2 Å². The Kier molecular flexibility index (Phi) is 3.07. The van der Waals surface area contributed by atoms with Crippen LogP contribution >= 0.6 is 11.6 Å². The van der Waals surface area contributed by atoms with Crippen molar-refractivity contribution in [3.63, 3.8) is 0 Å². The summed E-state index contributed by atoms with van der Waals surface area (Å²) in [7, 11) is 1.73. The predicted octanol–water partition coefficient (Wildman–Crippen LogP) is 1.68. The number of carbonyl (C=O) groups is 1. The van der Waals surface area contributed by atoms with Gasteiger partial charge in [0.05, 0.1) is 11.2 Å². The molecule has 1 aromatic rings. The highest BCUT2D eigenvalue weighted by Crippen LogP contribution is 2.24. The van der Waals surface area contributed by atoms with Crippen LogP contribution in [0.25, 0.3) is 0 Å². The van der Waals surface area contributed by atoms with Crippen LogP contribution in [0.3, 0.4) is 0 Å². The van der Waals surface area contributed by atoms with Gasteiger partial charge in [-0.3, -0.25) is 9.48 Å². The summed E-state index contributed by atoms with van der Waals surface area (Å²) >= 11 is 5.92. The molecule has 1 aromatic heterocycles. The molecule has 0 N–H and O–H groups in total. The maximum Gasteiger partial charge on any atom is 0.185 e. The summed E-state index contributed by atoms with van der Waals surface area (Å²) in [6, 6.07) is 0. The fourth-order valence-corrected chi connectivity index (χ4v) is 2.10. The number of ether oxygens (including phenoxy) is 1. The van der Waals surface area contributed by atoms with Gasteiger partial charge in [0.25, 0.3) is 0 Å². The lowest BCUT2D eigenvalue weighted by molar-refractivity contribution is 0.0539. The van der Waals surface area contributed by atoms with E-state index in [-0.39, 0.29) is 11.7 Å². The van der Waals surface area contributed by atoms with E-state index < -0.39 is 0 Å². The van der Waals surface area contributed by atoms with Crippen molar-refractivity contribution in [3.05, 3.63) is 16.9 Å². The summed E-state index contributed by atoms with van der Waals surface area (Å²) in [5.74, 6) is 0.120. The Hall–Kier alpha value is -0.870. The normalized spacial score (nSPS) is 18.0. The number of rotatable bonds is 2. The second-order valence-corrected chi connectivity index (χ2v) is 4.12. The van der Waals surface area contributed by atoms with Gasteiger partial charge < -0.3 is 4.74 Å². The number of carbonyl (C=O) groups excluding carboxylic acids is 1. The number of nitrogens with zero attached hydrogens (tertiary/aromatic N) is 2. The number of halogens is 1. The molecule has 1 aliphatic rings. The average Bonchev–Trinajstić information content (AvgIpc) is 2.59. The lowest BCUT2D eigenvalue weighted by Crippen LogP contribution is -2.25. The highest BCUT2D eigenvalue weighted by atomic mass is 35.5. The van der Waals surface area contributed by atoms with E-state index >= 15 is 0 Å². The summed E-state index contributed by atoms with van der Waals surface area (Å²) in [5.41, 5.74) is 0.517. The summed E-state index contributed by atoms with van der Waals surface area (Å²) in [6.45, 7) is 1.32. The van der Waals surface area contributed by atoms with E-state index in [0.29, 0.717) is 23.9 Å². The first kappa shape index (κ1) is 10.6. The fraction of sp³-hybridized carbons (Fsp3) is 0.600. The molecular formula is C10H13ClN2O2. The second kappa shape index (κ2) is 4.33. The maximum atomic E-state index is 12.1. The van der Waals surface area contributed by atoms with Gasteiger partial charge in [-0.2, -0.15) is 5.10 Å². The highest BCUT2D eigenvalue weighted by Gasteiger charge is 2.26. The summed E-state index contributed by atoms with van der Waals surface area (Å²) < 4.78 is 6.76. The molecular weight excluding hydrogens is 216 g/mol. The largest absolute Gasteiger partial charge is 0.381 e. The summed E-state index contributed by atoms with van der Waals surface area (Å²) in [6.07, 6.45) is 3.06. The minimum absolute atomic E-state index is 0.0339. The number of aryl methyl sites for hydroxylation is 1. The fourth-order valence-electron chi connectivity index (χ4n) is 1.84. The summed E-state index contributed by atoms with van der Waals surface area (Å²) in [5, 5.41) is 4.40. The van der Waals surface area contributed by atoms with Crippen LogP contribution in [0.1, 0.15) is 23.3 Å². The van der Waals surface area contributed by atoms with Crippen LogP contribution in [0.15, 0.2) is 6.20 Å². The van der Waals surface area contributed by atoms with Crippen LogP contribution in [0, 0.1) is 5.92 Å². The van der Waals surface area contributed by atoms with Gasteiger partial charge in [-0.1, -0.05) is 11.6 Å². The molecule has 0 unspecified atom stereocenters. The van der Waals surface area contributed by atoms with E-state index in [1.807, 2.05) is 0 Å². The lowest BCUT2D eigenvalue weighted by Gasteiger charge is -2.20. The van der Waals surface area contributed by atoms with Crippen molar-refractivity contribution in [2.24, 2.45) is 13.0 Å². The van der Waals surface area contributed by atoms with Crippen LogP contribution in [-0.2, 0) is 11.8 Å². The van der Waals surface area contributed by atoms with Gasteiger partial charge in [-0.15, -0.1) is 0 Å². The number of aromatic nitrogens is 2. The summed E-state index contributed by atoms with van der Waals surface area (Å²) in [4.78, 5) is 12.1. The highest BCUT2D eigenvalue weighted by molar-refractivity contribution is 6.33. The monoisotopic (exact) mass is 228 g/mol. The number of hydrogen-bond acceptors (Lipinski definition) is 3. The van der Waals surface area contributed by atoms with Gasteiger partial charge in [-0.25, -0.2) is 0 Å². The van der Waals surface area contributed by atoms with E-state index in [1.165, 1.54) is 6.20 Å². The Morgan fingerprint density at radius 2 is 2.27 bits per heavy atom. The van der Waals surface area contributed by atoms with Crippen molar-refractivity contribution < 1.29 is 9.53 Å². The molecule has 4 nitrogen and oxygen atoms in total. The Morgan fingerprint density at radius 3 is 2.80 bits per heavy atom. The van der Waals surface area contributed by atoms with Crippen LogP contribution in [0.2, 0.25) is 5.02 Å².